The van der Waals surface area contributed by atoms with Crippen LogP contribution in [-0.4, -0.2) is 94.6 Å². The van der Waals surface area contributed by atoms with Crippen LogP contribution in [-0.2, 0) is 14.4 Å². The summed E-state index contributed by atoms with van der Waals surface area (Å²) in [5.41, 5.74) is 4.29. The zero-order valence-electron chi connectivity index (χ0n) is 27.5. The quantitative estimate of drug-likeness (QED) is 0.352. The molecule has 0 aromatic heterocycles. The molecule has 6 rings (SSSR count). The van der Waals surface area contributed by atoms with Crippen molar-refractivity contribution in [3.63, 3.8) is 0 Å². The molecule has 3 fully saturated rings. The van der Waals surface area contributed by atoms with Crippen molar-refractivity contribution in [1.29, 1.82) is 0 Å². The Morgan fingerprint density at radius 3 is 2.21 bits per heavy atom. The van der Waals surface area contributed by atoms with Crippen LogP contribution < -0.4 is 5.32 Å². The molecule has 2 bridgehead atoms. The highest BCUT2D eigenvalue weighted by Gasteiger charge is 2.47. The number of hydrogen-bond acceptors (Lipinski definition) is 5. The van der Waals surface area contributed by atoms with E-state index in [0.717, 1.165) is 28.7 Å². The van der Waals surface area contributed by atoms with Gasteiger partial charge in [-0.1, -0.05) is 76.8 Å². The number of nitrogens with zero attached hydrogens (tertiary/aromatic N) is 4. The molecule has 4 atom stereocenters. The molecule has 48 heavy (non-hydrogen) atoms. The van der Waals surface area contributed by atoms with E-state index in [1.54, 1.807) is 12.1 Å². The molecular formula is C37H41Cl2N5O4. The molecule has 4 amide bonds. The lowest BCUT2D eigenvalue weighted by Crippen LogP contribution is -2.54. The number of halogens is 2. The number of benzene rings is 3. The van der Waals surface area contributed by atoms with E-state index in [2.05, 4.69) is 10.2 Å². The molecule has 3 aromatic carbocycles. The minimum atomic E-state index is -0.725. The molecule has 0 saturated carbocycles. The first-order valence-corrected chi connectivity index (χ1v) is 17.2. The third-order valence-corrected chi connectivity index (χ3v) is 10.5. The zero-order chi connectivity index (χ0) is 34.1. The van der Waals surface area contributed by atoms with Gasteiger partial charge in [-0.3, -0.25) is 24.1 Å². The van der Waals surface area contributed by atoms with Gasteiger partial charge in [0.2, 0.25) is 17.7 Å². The van der Waals surface area contributed by atoms with E-state index in [1.165, 1.54) is 6.92 Å². The van der Waals surface area contributed by atoms with Crippen molar-refractivity contribution in [2.24, 2.45) is 0 Å². The number of hydrogen-bond donors (Lipinski definition) is 1. The van der Waals surface area contributed by atoms with E-state index in [0.29, 0.717) is 61.3 Å². The summed E-state index contributed by atoms with van der Waals surface area (Å²) in [4.78, 5) is 61.0. The highest BCUT2D eigenvalue weighted by atomic mass is 35.5. The van der Waals surface area contributed by atoms with Crippen molar-refractivity contribution in [3.05, 3.63) is 105 Å². The molecular weight excluding hydrogens is 649 g/mol. The third kappa shape index (κ3) is 7.23. The predicted molar refractivity (Wildman–Crippen MR) is 186 cm³/mol. The van der Waals surface area contributed by atoms with Gasteiger partial charge in [0.25, 0.3) is 5.91 Å². The normalized spacial score (nSPS) is 21.4. The lowest BCUT2D eigenvalue weighted by atomic mass is 10.00. The van der Waals surface area contributed by atoms with Gasteiger partial charge in [0.15, 0.2) is 0 Å². The monoisotopic (exact) mass is 689 g/mol. The van der Waals surface area contributed by atoms with Crippen LogP contribution >= 0.6 is 23.2 Å². The molecule has 0 spiro atoms. The maximum atomic E-state index is 13.9. The number of rotatable bonds is 8. The fraction of sp³-hybridized carbons (Fsp3) is 0.405. The van der Waals surface area contributed by atoms with Gasteiger partial charge in [0.1, 0.15) is 6.04 Å². The fourth-order valence-electron chi connectivity index (χ4n) is 7.53. The molecule has 3 aromatic rings. The topological polar surface area (TPSA) is 93.3 Å². The molecule has 3 aliphatic rings. The SMILES string of the molecule is CC(=O)NC(C(=O)N1C[C@@H]2C[C@H]1CN2CCC(=O)N1CCN(C(=O)c2cc(C)cc(C)c2)C[C@H]1c1ccc(Cl)c(Cl)c1)c1ccccc1. The van der Waals surface area contributed by atoms with Crippen molar-refractivity contribution in [2.45, 2.75) is 57.8 Å². The molecule has 11 heteroatoms. The number of amides is 4. The van der Waals surface area contributed by atoms with Crippen LogP contribution in [0, 0.1) is 13.8 Å². The molecule has 9 nitrogen and oxygen atoms in total. The van der Waals surface area contributed by atoms with Gasteiger partial charge in [0.05, 0.1) is 16.1 Å². The molecule has 0 aliphatic carbocycles. The predicted octanol–water partition coefficient (Wildman–Crippen LogP) is 5.19. The van der Waals surface area contributed by atoms with Crippen LogP contribution in [0.15, 0.2) is 66.7 Å². The number of likely N-dealkylation sites (tertiary alicyclic amines) is 2. The summed E-state index contributed by atoms with van der Waals surface area (Å²) in [6, 6.07) is 19.6. The summed E-state index contributed by atoms with van der Waals surface area (Å²) in [7, 11) is 0. The number of carbonyl (C=O) groups excluding carboxylic acids is 4. The van der Waals surface area contributed by atoms with Crippen molar-refractivity contribution in [2.75, 3.05) is 39.3 Å². The second kappa shape index (κ2) is 14.3. The van der Waals surface area contributed by atoms with E-state index in [-0.39, 0.29) is 41.8 Å². The van der Waals surface area contributed by atoms with Gasteiger partial charge in [-0.25, -0.2) is 0 Å². The summed E-state index contributed by atoms with van der Waals surface area (Å²) in [6.45, 7) is 8.37. The van der Waals surface area contributed by atoms with E-state index in [1.807, 2.05) is 83.1 Å². The molecule has 252 valence electrons. The van der Waals surface area contributed by atoms with Crippen LogP contribution in [0.3, 0.4) is 0 Å². The minimum absolute atomic E-state index is 0.00933. The molecule has 1 N–H and O–H groups in total. The van der Waals surface area contributed by atoms with Gasteiger partial charge in [0, 0.05) is 70.3 Å². The average molecular weight is 691 g/mol. The molecule has 3 heterocycles. The van der Waals surface area contributed by atoms with Gasteiger partial charge in [-0.2, -0.15) is 0 Å². The Morgan fingerprint density at radius 1 is 0.833 bits per heavy atom. The fourth-order valence-corrected chi connectivity index (χ4v) is 7.84. The summed E-state index contributed by atoms with van der Waals surface area (Å²) in [5.74, 6) is -0.400. The Labute approximate surface area is 291 Å². The Bertz CT molecular complexity index is 1700. The number of carbonyl (C=O) groups is 4. The Balaban J connectivity index is 1.11. The average Bonchev–Trinajstić information content (AvgIpc) is 3.67. The smallest absolute Gasteiger partial charge is 0.254 e. The van der Waals surface area contributed by atoms with E-state index >= 15 is 0 Å². The number of nitrogens with one attached hydrogen (secondary N) is 1. The number of aryl methyl sites for hydroxylation is 2. The summed E-state index contributed by atoms with van der Waals surface area (Å²) in [6.07, 6.45) is 1.16. The van der Waals surface area contributed by atoms with Crippen LogP contribution in [0.1, 0.15) is 64.5 Å². The summed E-state index contributed by atoms with van der Waals surface area (Å²) in [5, 5.41) is 3.67. The third-order valence-electron chi connectivity index (χ3n) is 9.76. The van der Waals surface area contributed by atoms with Crippen LogP contribution in [0.2, 0.25) is 10.0 Å². The summed E-state index contributed by atoms with van der Waals surface area (Å²) < 4.78 is 0. The van der Waals surface area contributed by atoms with E-state index in [9.17, 15) is 19.2 Å². The Hall–Kier alpha value is -3.92. The number of fused-ring (bicyclic) bond motifs is 2. The van der Waals surface area contributed by atoms with Gasteiger partial charge in [-0.05, 0) is 55.7 Å². The maximum Gasteiger partial charge on any atom is 0.254 e. The second-order valence-electron chi connectivity index (χ2n) is 13.2. The standard InChI is InChI=1S/C37H41Cl2N5O4/c1-23-15-24(2)17-28(16-23)36(47)42-13-14-43(33(22-42)27-9-10-31(38)32(39)18-27)34(46)11-12-41-20-30-19-29(41)21-44(30)37(48)35(40-25(3)45)26-7-5-4-6-8-26/h4-10,15-18,29-30,33,35H,11-14,19-22H2,1-3H3,(H,40,45)/t29-,30-,33-,35?/m0/s1. The maximum absolute atomic E-state index is 13.9. The van der Waals surface area contributed by atoms with Crippen LogP contribution in [0.4, 0.5) is 0 Å². The molecule has 3 aliphatic heterocycles. The largest absolute Gasteiger partial charge is 0.341 e. The van der Waals surface area contributed by atoms with Crippen LogP contribution in [0.25, 0.3) is 0 Å². The van der Waals surface area contributed by atoms with Crippen molar-refractivity contribution >= 4 is 46.8 Å². The first-order valence-electron chi connectivity index (χ1n) is 16.5. The lowest BCUT2D eigenvalue weighted by Gasteiger charge is -2.42. The molecule has 0 radical (unpaired) electrons. The first kappa shape index (κ1) is 34.0. The highest BCUT2D eigenvalue weighted by Crippen LogP contribution is 2.35. The van der Waals surface area contributed by atoms with Crippen molar-refractivity contribution in [3.8, 4) is 0 Å². The Kier molecular flexibility index (Phi) is 10.1. The Morgan fingerprint density at radius 2 is 1.56 bits per heavy atom. The lowest BCUT2D eigenvalue weighted by molar-refractivity contribution is -0.139. The summed E-state index contributed by atoms with van der Waals surface area (Å²) >= 11 is 12.7. The van der Waals surface area contributed by atoms with Gasteiger partial charge in [-0.15, -0.1) is 0 Å². The van der Waals surface area contributed by atoms with Gasteiger partial charge < -0.3 is 20.0 Å². The zero-order valence-corrected chi connectivity index (χ0v) is 29.0. The highest BCUT2D eigenvalue weighted by molar-refractivity contribution is 6.42. The van der Waals surface area contributed by atoms with Crippen molar-refractivity contribution < 1.29 is 19.2 Å². The first-order chi connectivity index (χ1) is 23.0. The molecule has 1 unspecified atom stereocenters. The number of piperazine rings is 2. The minimum Gasteiger partial charge on any atom is -0.341 e. The van der Waals surface area contributed by atoms with Gasteiger partial charge >= 0.3 is 0 Å². The van der Waals surface area contributed by atoms with E-state index < -0.39 is 6.04 Å². The second-order valence-corrected chi connectivity index (χ2v) is 14.0. The molecule has 3 saturated heterocycles. The van der Waals surface area contributed by atoms with E-state index in [4.69, 9.17) is 23.2 Å². The van der Waals surface area contributed by atoms with Crippen LogP contribution in [0.5, 0.6) is 0 Å². The van der Waals surface area contributed by atoms with Crippen molar-refractivity contribution in [1.82, 2.24) is 24.9 Å².